The average molecular weight is 453 g/mol. The van der Waals surface area contributed by atoms with Crippen LogP contribution in [0.1, 0.15) is 40.6 Å². The second-order valence-electron chi connectivity index (χ2n) is 8.19. The van der Waals surface area contributed by atoms with Crippen LogP contribution in [0, 0.1) is 0 Å². The number of carbonyl (C=O) groups excluding carboxylic acids is 2. The van der Waals surface area contributed by atoms with E-state index >= 15 is 0 Å². The van der Waals surface area contributed by atoms with E-state index in [9.17, 15) is 14.4 Å². The topological polar surface area (TPSA) is 81.5 Å². The number of esters is 1. The molecular weight excluding hydrogens is 430 g/mol. The molecular formula is C27H23N3O4. The summed E-state index contributed by atoms with van der Waals surface area (Å²) in [4.78, 5) is 46.3. The van der Waals surface area contributed by atoms with Gasteiger partial charge in [-0.25, -0.2) is 4.98 Å². The van der Waals surface area contributed by atoms with E-state index in [1.807, 2.05) is 36.4 Å². The Bertz CT molecular complexity index is 1450. The van der Waals surface area contributed by atoms with E-state index in [0.29, 0.717) is 34.5 Å². The van der Waals surface area contributed by atoms with Crippen molar-refractivity contribution in [3.63, 3.8) is 0 Å². The highest BCUT2D eigenvalue weighted by atomic mass is 16.5. The minimum atomic E-state index is -0.614. The van der Waals surface area contributed by atoms with Crippen molar-refractivity contribution >= 4 is 22.8 Å². The lowest BCUT2D eigenvalue weighted by molar-refractivity contribution is -0.141. The van der Waals surface area contributed by atoms with E-state index in [-0.39, 0.29) is 30.3 Å². The van der Waals surface area contributed by atoms with E-state index in [1.54, 1.807) is 47.4 Å². The van der Waals surface area contributed by atoms with Crippen LogP contribution in [0.5, 0.6) is 0 Å². The average Bonchev–Trinajstić information content (AvgIpc) is 2.97. The van der Waals surface area contributed by atoms with Crippen LogP contribution in [-0.2, 0) is 16.1 Å². The van der Waals surface area contributed by atoms with Gasteiger partial charge in [-0.05, 0) is 36.2 Å². The fourth-order valence-corrected chi connectivity index (χ4v) is 4.50. The Labute approximate surface area is 196 Å². The molecule has 1 atom stereocenters. The first-order valence-corrected chi connectivity index (χ1v) is 11.1. The number of nitrogens with zero attached hydrogens (tertiary/aromatic N) is 3. The lowest BCUT2D eigenvalue weighted by atomic mass is 10.1. The van der Waals surface area contributed by atoms with Crippen LogP contribution in [0.15, 0.2) is 83.7 Å². The third-order valence-electron chi connectivity index (χ3n) is 6.16. The number of hydrogen-bond donors (Lipinski definition) is 0. The number of carbonyl (C=O) groups is 2. The minimum absolute atomic E-state index is 0.0821. The van der Waals surface area contributed by atoms with Crippen LogP contribution >= 0.6 is 0 Å². The molecule has 0 bridgehead atoms. The molecule has 0 saturated heterocycles. The molecule has 0 spiro atoms. The van der Waals surface area contributed by atoms with E-state index in [0.717, 1.165) is 5.56 Å². The molecule has 0 radical (unpaired) electrons. The third kappa shape index (κ3) is 3.75. The van der Waals surface area contributed by atoms with Gasteiger partial charge in [-0.15, -0.1) is 0 Å². The number of rotatable bonds is 5. The molecule has 0 saturated carbocycles. The van der Waals surface area contributed by atoms with Crippen LogP contribution < -0.4 is 5.56 Å². The number of methoxy groups -OCH3 is 1. The Kier molecular flexibility index (Phi) is 5.67. The molecule has 34 heavy (non-hydrogen) atoms. The lowest BCUT2D eigenvalue weighted by Gasteiger charge is -2.30. The molecule has 3 aromatic carbocycles. The van der Waals surface area contributed by atoms with Crippen molar-refractivity contribution in [2.45, 2.75) is 25.4 Å². The third-order valence-corrected chi connectivity index (χ3v) is 6.16. The number of amides is 1. The molecule has 1 aliphatic heterocycles. The number of fused-ring (bicyclic) bond motifs is 4. The Hall–Kier alpha value is -4.26. The lowest BCUT2D eigenvalue weighted by Crippen LogP contribution is -2.35. The summed E-state index contributed by atoms with van der Waals surface area (Å²) >= 11 is 0. The second-order valence-corrected chi connectivity index (χ2v) is 8.19. The van der Waals surface area contributed by atoms with Crippen molar-refractivity contribution in [1.29, 1.82) is 0 Å². The van der Waals surface area contributed by atoms with E-state index in [1.165, 1.54) is 11.7 Å². The van der Waals surface area contributed by atoms with Crippen LogP contribution in [0.25, 0.3) is 16.6 Å². The molecule has 7 nitrogen and oxygen atoms in total. The highest BCUT2D eigenvalue weighted by Crippen LogP contribution is 2.34. The van der Waals surface area contributed by atoms with Crippen LogP contribution in [-0.4, -0.2) is 33.4 Å². The molecule has 5 rings (SSSR count). The molecule has 0 aliphatic carbocycles. The smallest absolute Gasteiger partial charge is 0.305 e. The van der Waals surface area contributed by atoms with Gasteiger partial charge in [-0.3, -0.25) is 19.0 Å². The summed E-state index contributed by atoms with van der Waals surface area (Å²) in [7, 11) is 1.34. The molecule has 2 heterocycles. The highest BCUT2D eigenvalue weighted by molar-refractivity contribution is 5.99. The Morgan fingerprint density at radius 3 is 2.44 bits per heavy atom. The predicted molar refractivity (Wildman–Crippen MR) is 128 cm³/mol. The van der Waals surface area contributed by atoms with E-state index in [2.05, 4.69) is 0 Å². The second kappa shape index (κ2) is 8.94. The molecule has 4 aromatic rings. The number of hydrogen-bond acceptors (Lipinski definition) is 5. The fraction of sp³-hybridized carbons (Fsp3) is 0.185. The summed E-state index contributed by atoms with van der Waals surface area (Å²) < 4.78 is 6.40. The van der Waals surface area contributed by atoms with Gasteiger partial charge in [0.25, 0.3) is 11.5 Å². The molecule has 0 N–H and O–H groups in total. The highest BCUT2D eigenvalue weighted by Gasteiger charge is 2.36. The largest absolute Gasteiger partial charge is 0.469 e. The van der Waals surface area contributed by atoms with Gasteiger partial charge in [-0.2, -0.15) is 0 Å². The van der Waals surface area contributed by atoms with Gasteiger partial charge in [0.1, 0.15) is 5.82 Å². The number of ether oxygens (including phenoxy) is 1. The first-order valence-electron chi connectivity index (χ1n) is 11.1. The standard InChI is InChI=1S/C27H23N3O4/c1-34-24(31)16-15-23-25-28-21-13-7-5-11-19(21)27(33)30(25)22-14-8-6-12-20(22)26(32)29(23)17-18-9-3-2-4-10-18/h2-14,23H,15-17H2,1H3/t23-/m0/s1. The van der Waals surface area contributed by atoms with Gasteiger partial charge in [0.15, 0.2) is 0 Å². The van der Waals surface area contributed by atoms with Gasteiger partial charge in [0.2, 0.25) is 0 Å². The quantitative estimate of drug-likeness (QED) is 0.426. The zero-order valence-electron chi connectivity index (χ0n) is 18.7. The SMILES string of the molecule is COC(=O)CC[C@H]1c2nc3ccccc3c(=O)n2-c2ccccc2C(=O)N1Cc1ccccc1. The first-order chi connectivity index (χ1) is 16.6. The maximum atomic E-state index is 13.9. The maximum absolute atomic E-state index is 13.9. The van der Waals surface area contributed by atoms with Crippen LogP contribution in [0.4, 0.5) is 0 Å². The molecule has 0 unspecified atom stereocenters. The first kappa shape index (κ1) is 21.6. The zero-order chi connectivity index (χ0) is 23.7. The predicted octanol–water partition coefficient (Wildman–Crippen LogP) is 4.04. The van der Waals surface area contributed by atoms with Crippen molar-refractivity contribution < 1.29 is 14.3 Å². The van der Waals surface area contributed by atoms with Crippen molar-refractivity contribution in [1.82, 2.24) is 14.5 Å². The van der Waals surface area contributed by atoms with Crippen molar-refractivity contribution in [2.75, 3.05) is 7.11 Å². The minimum Gasteiger partial charge on any atom is -0.469 e. The van der Waals surface area contributed by atoms with E-state index in [4.69, 9.17) is 9.72 Å². The van der Waals surface area contributed by atoms with E-state index < -0.39 is 6.04 Å². The molecule has 1 amide bonds. The molecule has 0 fully saturated rings. The number of benzene rings is 3. The normalized spacial score (nSPS) is 14.9. The Morgan fingerprint density at radius 2 is 1.65 bits per heavy atom. The van der Waals surface area contributed by atoms with Gasteiger partial charge in [0, 0.05) is 13.0 Å². The maximum Gasteiger partial charge on any atom is 0.305 e. The molecule has 170 valence electrons. The Balaban J connectivity index is 1.78. The summed E-state index contributed by atoms with van der Waals surface area (Å²) in [6.45, 7) is 0.308. The van der Waals surface area contributed by atoms with Gasteiger partial charge >= 0.3 is 5.97 Å². The van der Waals surface area contributed by atoms with Crippen molar-refractivity contribution in [3.8, 4) is 5.69 Å². The summed E-state index contributed by atoms with van der Waals surface area (Å²) in [5.41, 5.74) is 2.15. The number of aromatic nitrogens is 2. The summed E-state index contributed by atoms with van der Waals surface area (Å²) in [6, 6.07) is 23.2. The summed E-state index contributed by atoms with van der Waals surface area (Å²) in [5, 5.41) is 0.469. The molecule has 7 heteroatoms. The zero-order valence-corrected chi connectivity index (χ0v) is 18.7. The van der Waals surface area contributed by atoms with Crippen LogP contribution in [0.2, 0.25) is 0 Å². The van der Waals surface area contributed by atoms with Crippen molar-refractivity contribution in [2.24, 2.45) is 0 Å². The van der Waals surface area contributed by atoms with Crippen LogP contribution in [0.3, 0.4) is 0 Å². The Morgan fingerprint density at radius 1 is 0.941 bits per heavy atom. The molecule has 1 aliphatic rings. The summed E-state index contributed by atoms with van der Waals surface area (Å²) in [5.74, 6) is -0.173. The summed E-state index contributed by atoms with van der Waals surface area (Å²) in [6.07, 6.45) is 0.350. The monoisotopic (exact) mass is 453 g/mol. The molecule has 1 aromatic heterocycles. The fourth-order valence-electron chi connectivity index (χ4n) is 4.50. The van der Waals surface area contributed by atoms with Gasteiger partial charge < -0.3 is 9.64 Å². The van der Waals surface area contributed by atoms with Gasteiger partial charge in [0.05, 0.1) is 35.3 Å². The van der Waals surface area contributed by atoms with Gasteiger partial charge in [-0.1, -0.05) is 54.6 Å². The van der Waals surface area contributed by atoms with Crippen molar-refractivity contribution in [3.05, 3.63) is 106 Å². The number of para-hydroxylation sites is 2.